The fourth-order valence-corrected chi connectivity index (χ4v) is 2.48. The fraction of sp³-hybridized carbons (Fsp3) is 0.333. The van der Waals surface area contributed by atoms with Crippen molar-refractivity contribution < 1.29 is 9.18 Å². The highest BCUT2D eigenvalue weighted by atomic mass is 19.1. The molecule has 1 heterocycles. The molecular formula is C12H11FNO+. The first-order valence-corrected chi connectivity index (χ1v) is 5.17. The Kier molecular flexibility index (Phi) is 1.75. The maximum Gasteiger partial charge on any atom is 0.174 e. The Morgan fingerprint density at radius 3 is 3.13 bits per heavy atom. The van der Waals surface area contributed by atoms with Crippen LogP contribution in [0.3, 0.4) is 0 Å². The molecule has 3 rings (SSSR count). The van der Waals surface area contributed by atoms with E-state index in [-0.39, 0.29) is 23.6 Å². The molecule has 1 N–H and O–H groups in total. The number of halogens is 1. The number of carbonyl (C=O) groups excluding carboxylic acids is 1. The van der Waals surface area contributed by atoms with E-state index in [1.54, 1.807) is 6.07 Å². The molecule has 0 bridgehead atoms. The second kappa shape index (κ2) is 2.99. The average molecular weight is 204 g/mol. The van der Waals surface area contributed by atoms with Crippen molar-refractivity contribution >= 4 is 11.5 Å². The minimum atomic E-state index is -0.343. The lowest BCUT2D eigenvalue weighted by molar-refractivity contribution is 0.0912. The molecule has 1 fully saturated rings. The second-order valence-electron chi connectivity index (χ2n) is 4.17. The minimum Gasteiger partial charge on any atom is -0.377 e. The summed E-state index contributed by atoms with van der Waals surface area (Å²) >= 11 is 0. The number of fused-ring (bicyclic) bond motifs is 2. The van der Waals surface area contributed by atoms with Gasteiger partial charge in [0.1, 0.15) is 12.2 Å². The van der Waals surface area contributed by atoms with Crippen LogP contribution in [0.25, 0.3) is 0 Å². The Morgan fingerprint density at radius 1 is 1.40 bits per heavy atom. The fourth-order valence-electron chi connectivity index (χ4n) is 2.48. The molecule has 0 aromatic heterocycles. The molecule has 0 spiro atoms. The molecule has 0 radical (unpaired) electrons. The summed E-state index contributed by atoms with van der Waals surface area (Å²) in [5.74, 6) is -0.245. The second-order valence-corrected chi connectivity index (χ2v) is 4.17. The van der Waals surface area contributed by atoms with Gasteiger partial charge < -0.3 is 5.32 Å². The first-order valence-electron chi connectivity index (χ1n) is 5.17. The van der Waals surface area contributed by atoms with Crippen molar-refractivity contribution in [2.75, 3.05) is 5.32 Å². The molecule has 15 heavy (non-hydrogen) atoms. The summed E-state index contributed by atoms with van der Waals surface area (Å²) in [7, 11) is 0. The molecule has 0 amide bonds. The van der Waals surface area contributed by atoms with Crippen molar-refractivity contribution in [2.45, 2.75) is 18.9 Å². The van der Waals surface area contributed by atoms with Gasteiger partial charge in [0.25, 0.3) is 0 Å². The Hall–Kier alpha value is -1.51. The van der Waals surface area contributed by atoms with Gasteiger partial charge in [-0.1, -0.05) is 0 Å². The van der Waals surface area contributed by atoms with Gasteiger partial charge in [0.15, 0.2) is 5.78 Å². The van der Waals surface area contributed by atoms with Gasteiger partial charge in [-0.05, 0) is 18.2 Å². The predicted octanol–water partition coefficient (Wildman–Crippen LogP) is 2.42. The average Bonchev–Trinajstić information content (AvgIpc) is 2.68. The van der Waals surface area contributed by atoms with Crippen molar-refractivity contribution in [3.63, 3.8) is 0 Å². The van der Waals surface area contributed by atoms with Gasteiger partial charge in [-0.3, -0.25) is 4.79 Å². The maximum absolute atomic E-state index is 13.0. The molecule has 2 atom stereocenters. The summed E-state index contributed by atoms with van der Waals surface area (Å²) in [5, 5.41) is 3.30. The number of ketones is 1. The predicted molar refractivity (Wildman–Crippen MR) is 55.2 cm³/mol. The maximum atomic E-state index is 13.0. The van der Waals surface area contributed by atoms with Crippen LogP contribution < -0.4 is 5.32 Å². The van der Waals surface area contributed by atoms with Gasteiger partial charge in [0.05, 0.1) is 24.8 Å². The normalized spacial score (nSPS) is 27.7. The zero-order valence-electron chi connectivity index (χ0n) is 8.16. The number of rotatable bonds is 0. The summed E-state index contributed by atoms with van der Waals surface area (Å²) in [5.41, 5.74) is 1.28. The third kappa shape index (κ3) is 1.23. The number of Topliss-reactive ketones (excluding diaryl/α,β-unsaturated/α-hetero) is 1. The van der Waals surface area contributed by atoms with Crippen molar-refractivity contribution in [3.8, 4) is 0 Å². The lowest BCUT2D eigenvalue weighted by Gasteiger charge is -2.25. The molecule has 1 unspecified atom stereocenters. The van der Waals surface area contributed by atoms with E-state index in [0.29, 0.717) is 5.56 Å². The molecule has 0 saturated heterocycles. The van der Waals surface area contributed by atoms with E-state index in [0.717, 1.165) is 18.5 Å². The molecule has 2 nitrogen and oxygen atoms in total. The van der Waals surface area contributed by atoms with E-state index in [1.807, 2.05) is 0 Å². The summed E-state index contributed by atoms with van der Waals surface area (Å²) in [4.78, 5) is 12.0. The Morgan fingerprint density at radius 2 is 2.27 bits per heavy atom. The number of anilines is 1. The minimum absolute atomic E-state index is 0.0132. The van der Waals surface area contributed by atoms with Crippen LogP contribution in [0.1, 0.15) is 23.2 Å². The third-order valence-corrected chi connectivity index (χ3v) is 3.25. The summed E-state index contributed by atoms with van der Waals surface area (Å²) in [6.07, 6.45) is 3.86. The third-order valence-electron chi connectivity index (χ3n) is 3.25. The number of benzene rings is 1. The standard InChI is InChI=1S/C12H10FNO/c13-7-4-5-11-9(6-7)12(15)8-2-1-3-10(8)14-11/h1,4-6,8,10H,2-3H2/p+1/t8?,10-/m0/s1. The van der Waals surface area contributed by atoms with Crippen LogP contribution in [-0.2, 0) is 0 Å². The van der Waals surface area contributed by atoms with Crippen LogP contribution >= 0.6 is 0 Å². The highest BCUT2D eigenvalue weighted by molar-refractivity contribution is 6.05. The summed E-state index contributed by atoms with van der Waals surface area (Å²) in [6.45, 7) is 0. The first-order chi connectivity index (χ1) is 7.25. The SMILES string of the molecule is O=C1c2cc(F)ccc2N[C@H]2C[CH+]CC12. The first kappa shape index (κ1) is 8.77. The molecule has 1 aromatic carbocycles. The van der Waals surface area contributed by atoms with Gasteiger partial charge >= 0.3 is 0 Å². The van der Waals surface area contributed by atoms with Gasteiger partial charge in [-0.2, -0.15) is 0 Å². The van der Waals surface area contributed by atoms with Gasteiger partial charge in [-0.15, -0.1) is 0 Å². The van der Waals surface area contributed by atoms with Crippen LogP contribution in [0, 0.1) is 18.2 Å². The molecule has 2 aliphatic rings. The van der Waals surface area contributed by atoms with Crippen molar-refractivity contribution in [1.82, 2.24) is 0 Å². The molecular weight excluding hydrogens is 193 g/mol. The van der Waals surface area contributed by atoms with Gasteiger partial charge in [0.2, 0.25) is 0 Å². The number of carbonyl (C=O) groups is 1. The number of nitrogens with one attached hydrogen (secondary N) is 1. The Bertz CT molecular complexity index is 430. The Balaban J connectivity index is 2.09. The van der Waals surface area contributed by atoms with Crippen molar-refractivity contribution in [2.24, 2.45) is 5.92 Å². The molecule has 76 valence electrons. The molecule has 1 aromatic rings. The zero-order chi connectivity index (χ0) is 10.4. The van der Waals surface area contributed by atoms with E-state index >= 15 is 0 Å². The molecule has 1 saturated carbocycles. The summed E-state index contributed by atoms with van der Waals surface area (Å²) < 4.78 is 13.0. The number of hydrogen-bond donors (Lipinski definition) is 1. The Labute approximate surface area is 87.5 Å². The van der Waals surface area contributed by atoms with Crippen LogP contribution in [0.2, 0.25) is 0 Å². The van der Waals surface area contributed by atoms with Crippen LogP contribution in [0.5, 0.6) is 0 Å². The quantitative estimate of drug-likeness (QED) is 0.657. The molecule has 3 heteroatoms. The van der Waals surface area contributed by atoms with E-state index in [1.165, 1.54) is 12.1 Å². The van der Waals surface area contributed by atoms with E-state index in [9.17, 15) is 9.18 Å². The van der Waals surface area contributed by atoms with E-state index < -0.39 is 0 Å². The van der Waals surface area contributed by atoms with Crippen LogP contribution in [0.15, 0.2) is 18.2 Å². The van der Waals surface area contributed by atoms with Crippen LogP contribution in [0.4, 0.5) is 10.1 Å². The smallest absolute Gasteiger partial charge is 0.174 e. The van der Waals surface area contributed by atoms with Crippen LogP contribution in [-0.4, -0.2) is 11.8 Å². The number of hydrogen-bond acceptors (Lipinski definition) is 2. The van der Waals surface area contributed by atoms with Crippen molar-refractivity contribution in [1.29, 1.82) is 0 Å². The summed E-state index contributed by atoms with van der Waals surface area (Å²) in [6, 6.07) is 4.59. The highest BCUT2D eigenvalue weighted by Crippen LogP contribution is 2.37. The van der Waals surface area contributed by atoms with Gasteiger partial charge in [-0.25, -0.2) is 4.39 Å². The van der Waals surface area contributed by atoms with Crippen molar-refractivity contribution in [3.05, 3.63) is 36.0 Å². The molecule has 1 aliphatic heterocycles. The topological polar surface area (TPSA) is 29.1 Å². The van der Waals surface area contributed by atoms with E-state index in [4.69, 9.17) is 0 Å². The van der Waals surface area contributed by atoms with E-state index in [2.05, 4.69) is 11.7 Å². The highest BCUT2D eigenvalue weighted by Gasteiger charge is 2.43. The lowest BCUT2D eigenvalue weighted by Crippen LogP contribution is -2.35. The zero-order valence-corrected chi connectivity index (χ0v) is 8.16. The molecule has 1 aliphatic carbocycles. The van der Waals surface area contributed by atoms with Gasteiger partial charge in [0, 0.05) is 11.3 Å². The largest absolute Gasteiger partial charge is 0.377 e. The monoisotopic (exact) mass is 204 g/mol. The lowest BCUT2D eigenvalue weighted by atomic mass is 9.88.